The second-order valence-corrected chi connectivity index (χ2v) is 6.76. The number of hydrogen-bond donors (Lipinski definition) is 0. The highest BCUT2D eigenvalue weighted by Gasteiger charge is 2.22. The summed E-state index contributed by atoms with van der Waals surface area (Å²) in [5.74, 6) is 3.32. The van der Waals surface area contributed by atoms with Crippen molar-refractivity contribution >= 4 is 0 Å². The molecule has 0 aliphatic heterocycles. The minimum absolute atomic E-state index is 1.10. The van der Waals surface area contributed by atoms with E-state index in [0.29, 0.717) is 0 Å². The third kappa shape index (κ3) is 4.64. The van der Waals surface area contributed by atoms with Gasteiger partial charge in [0, 0.05) is 0 Å². The molecule has 0 unspecified atom stereocenters. The highest BCUT2D eigenvalue weighted by molar-refractivity contribution is 4.75. The van der Waals surface area contributed by atoms with E-state index in [9.17, 15) is 0 Å². The molecule has 0 atom stereocenters. The molecular formula is C17H32. The monoisotopic (exact) mass is 236 g/mol. The van der Waals surface area contributed by atoms with Gasteiger partial charge < -0.3 is 0 Å². The van der Waals surface area contributed by atoms with Gasteiger partial charge in [-0.1, -0.05) is 90.4 Å². The Labute approximate surface area is 109 Å². The van der Waals surface area contributed by atoms with Gasteiger partial charge in [0.05, 0.1) is 0 Å². The highest BCUT2D eigenvalue weighted by atomic mass is 14.3. The number of unbranched alkanes of at least 4 members (excludes halogenated alkanes) is 1. The smallest absolute Gasteiger partial charge is 0.0414 e. The molecule has 100 valence electrons. The Morgan fingerprint density at radius 3 is 1.65 bits per heavy atom. The van der Waals surface area contributed by atoms with Crippen LogP contribution in [0.3, 0.4) is 0 Å². The van der Waals surface area contributed by atoms with Gasteiger partial charge in [-0.05, 0) is 17.8 Å². The van der Waals surface area contributed by atoms with Gasteiger partial charge in [0.15, 0.2) is 0 Å². The molecular weight excluding hydrogens is 204 g/mol. The lowest BCUT2D eigenvalue weighted by Crippen LogP contribution is -2.15. The summed E-state index contributed by atoms with van der Waals surface area (Å²) in [7, 11) is 0. The summed E-state index contributed by atoms with van der Waals surface area (Å²) in [4.78, 5) is 0. The summed E-state index contributed by atoms with van der Waals surface area (Å²) in [5.41, 5.74) is 0. The van der Waals surface area contributed by atoms with Crippen LogP contribution in [0.2, 0.25) is 0 Å². The highest BCUT2D eigenvalue weighted by Crippen LogP contribution is 2.37. The molecule has 0 radical (unpaired) electrons. The number of rotatable bonds is 6. The van der Waals surface area contributed by atoms with Gasteiger partial charge in [-0.25, -0.2) is 0 Å². The Bertz CT molecular complexity index is 182. The molecule has 0 nitrogen and oxygen atoms in total. The van der Waals surface area contributed by atoms with Crippen LogP contribution in [0.4, 0.5) is 0 Å². The van der Waals surface area contributed by atoms with E-state index in [2.05, 4.69) is 6.92 Å². The predicted molar refractivity (Wildman–Crippen MR) is 76.2 cm³/mol. The SMILES string of the molecule is CCCCC1CCC(CCC2CCCC2)CC1. The first-order chi connectivity index (χ1) is 8.38. The van der Waals surface area contributed by atoms with Gasteiger partial charge in [-0.3, -0.25) is 0 Å². The Morgan fingerprint density at radius 2 is 1.12 bits per heavy atom. The minimum Gasteiger partial charge on any atom is -0.0654 e. The van der Waals surface area contributed by atoms with Crippen LogP contribution in [0.5, 0.6) is 0 Å². The molecule has 17 heavy (non-hydrogen) atoms. The van der Waals surface area contributed by atoms with E-state index < -0.39 is 0 Å². The molecule has 0 aromatic carbocycles. The molecule has 2 fully saturated rings. The van der Waals surface area contributed by atoms with Crippen molar-refractivity contribution in [2.24, 2.45) is 17.8 Å². The summed E-state index contributed by atoms with van der Waals surface area (Å²) >= 11 is 0. The molecule has 0 spiro atoms. The van der Waals surface area contributed by atoms with Crippen molar-refractivity contribution < 1.29 is 0 Å². The molecule has 0 N–H and O–H groups in total. The van der Waals surface area contributed by atoms with E-state index in [1.165, 1.54) is 32.1 Å². The second-order valence-electron chi connectivity index (χ2n) is 6.76. The van der Waals surface area contributed by atoms with Crippen LogP contribution in [-0.4, -0.2) is 0 Å². The molecule has 0 bridgehead atoms. The van der Waals surface area contributed by atoms with Gasteiger partial charge in [0.25, 0.3) is 0 Å². The van der Waals surface area contributed by atoms with E-state index in [1.807, 2.05) is 0 Å². The van der Waals surface area contributed by atoms with Crippen LogP contribution in [0.25, 0.3) is 0 Å². The Kier molecular flexibility index (Phi) is 5.88. The van der Waals surface area contributed by atoms with Crippen LogP contribution in [-0.2, 0) is 0 Å². The fourth-order valence-corrected chi connectivity index (χ4v) is 4.07. The quantitative estimate of drug-likeness (QED) is 0.534. The molecule has 2 aliphatic carbocycles. The van der Waals surface area contributed by atoms with Gasteiger partial charge in [0.2, 0.25) is 0 Å². The third-order valence-electron chi connectivity index (χ3n) is 5.39. The first kappa shape index (κ1) is 13.4. The molecule has 0 saturated heterocycles. The molecule has 2 rings (SSSR count). The Morgan fingerprint density at radius 1 is 0.647 bits per heavy atom. The molecule has 2 saturated carbocycles. The van der Waals surface area contributed by atoms with Crippen molar-refractivity contribution in [1.82, 2.24) is 0 Å². The average molecular weight is 236 g/mol. The average Bonchev–Trinajstić information content (AvgIpc) is 2.88. The maximum absolute atomic E-state index is 2.33. The Balaban J connectivity index is 1.55. The van der Waals surface area contributed by atoms with Crippen molar-refractivity contribution in [2.75, 3.05) is 0 Å². The van der Waals surface area contributed by atoms with Crippen LogP contribution >= 0.6 is 0 Å². The zero-order chi connectivity index (χ0) is 11.9. The van der Waals surface area contributed by atoms with E-state index in [-0.39, 0.29) is 0 Å². The van der Waals surface area contributed by atoms with Crippen LogP contribution in [0.15, 0.2) is 0 Å². The first-order valence-corrected chi connectivity index (χ1v) is 8.38. The topological polar surface area (TPSA) is 0 Å². The standard InChI is InChI=1S/C17H32/c1-2-3-6-16-10-13-17(14-11-16)12-9-15-7-4-5-8-15/h15-17H,2-14H2,1H3. The van der Waals surface area contributed by atoms with E-state index in [4.69, 9.17) is 0 Å². The lowest BCUT2D eigenvalue weighted by atomic mass is 9.77. The summed E-state index contributed by atoms with van der Waals surface area (Å²) in [6.07, 6.45) is 19.9. The van der Waals surface area contributed by atoms with E-state index in [1.54, 1.807) is 51.4 Å². The van der Waals surface area contributed by atoms with Crippen LogP contribution in [0.1, 0.15) is 90.4 Å². The third-order valence-corrected chi connectivity index (χ3v) is 5.39. The lowest BCUT2D eigenvalue weighted by Gasteiger charge is -2.29. The lowest BCUT2D eigenvalue weighted by molar-refractivity contribution is 0.238. The molecule has 0 heterocycles. The van der Waals surface area contributed by atoms with Crippen molar-refractivity contribution in [3.05, 3.63) is 0 Å². The summed E-state index contributed by atoms with van der Waals surface area (Å²) in [5, 5.41) is 0. The molecule has 0 aromatic rings. The van der Waals surface area contributed by atoms with Gasteiger partial charge in [0.1, 0.15) is 0 Å². The van der Waals surface area contributed by atoms with Gasteiger partial charge >= 0.3 is 0 Å². The van der Waals surface area contributed by atoms with Crippen molar-refractivity contribution in [1.29, 1.82) is 0 Å². The summed E-state index contributed by atoms with van der Waals surface area (Å²) in [6.45, 7) is 2.33. The largest absolute Gasteiger partial charge is 0.0654 e. The van der Waals surface area contributed by atoms with Crippen molar-refractivity contribution in [2.45, 2.75) is 90.4 Å². The normalized spacial score (nSPS) is 30.9. The molecule has 2 aliphatic rings. The van der Waals surface area contributed by atoms with E-state index in [0.717, 1.165) is 17.8 Å². The van der Waals surface area contributed by atoms with Crippen LogP contribution in [0, 0.1) is 17.8 Å². The zero-order valence-electron chi connectivity index (χ0n) is 11.9. The van der Waals surface area contributed by atoms with Crippen LogP contribution < -0.4 is 0 Å². The zero-order valence-corrected chi connectivity index (χ0v) is 11.9. The van der Waals surface area contributed by atoms with Gasteiger partial charge in [-0.2, -0.15) is 0 Å². The molecule has 0 amide bonds. The van der Waals surface area contributed by atoms with E-state index >= 15 is 0 Å². The fraction of sp³-hybridized carbons (Fsp3) is 1.00. The summed E-state index contributed by atoms with van der Waals surface area (Å²) < 4.78 is 0. The second kappa shape index (κ2) is 7.44. The fourth-order valence-electron chi connectivity index (χ4n) is 4.07. The maximum atomic E-state index is 2.33. The number of hydrogen-bond acceptors (Lipinski definition) is 0. The predicted octanol–water partition coefficient (Wildman–Crippen LogP) is 5.95. The minimum atomic E-state index is 1.10. The molecule has 0 aromatic heterocycles. The van der Waals surface area contributed by atoms with Crippen molar-refractivity contribution in [3.8, 4) is 0 Å². The molecule has 0 heteroatoms. The van der Waals surface area contributed by atoms with Gasteiger partial charge in [-0.15, -0.1) is 0 Å². The summed E-state index contributed by atoms with van der Waals surface area (Å²) in [6, 6.07) is 0. The Hall–Kier alpha value is 0. The maximum Gasteiger partial charge on any atom is -0.0414 e. The first-order valence-electron chi connectivity index (χ1n) is 8.38. The van der Waals surface area contributed by atoms with Crippen molar-refractivity contribution in [3.63, 3.8) is 0 Å².